The van der Waals surface area contributed by atoms with Gasteiger partial charge in [-0.25, -0.2) is 0 Å². The summed E-state index contributed by atoms with van der Waals surface area (Å²) in [4.78, 5) is 19.4. The molecule has 0 aromatic heterocycles. The highest BCUT2D eigenvalue weighted by Gasteiger charge is 2.05. The summed E-state index contributed by atoms with van der Waals surface area (Å²) in [5, 5.41) is 5.31. The van der Waals surface area contributed by atoms with Gasteiger partial charge in [0.2, 0.25) is 0 Å². The fraction of sp³-hybridized carbons (Fsp3) is 1.00. The summed E-state index contributed by atoms with van der Waals surface area (Å²) in [6, 6.07) is -0.396. The third-order valence-corrected chi connectivity index (χ3v) is 1.06. The zero-order chi connectivity index (χ0) is 7.11. The van der Waals surface area contributed by atoms with Crippen molar-refractivity contribution in [2.24, 2.45) is 10.4 Å². The van der Waals surface area contributed by atoms with E-state index in [4.69, 9.17) is 0 Å². The molecule has 52 valence electrons. The lowest BCUT2D eigenvalue weighted by Gasteiger charge is -1.98. The van der Waals surface area contributed by atoms with E-state index in [9.17, 15) is 9.81 Å². The lowest BCUT2D eigenvalue weighted by atomic mass is 10.2. The van der Waals surface area contributed by atoms with Crippen molar-refractivity contribution < 1.29 is 0 Å². The van der Waals surface area contributed by atoms with Gasteiger partial charge in [-0.3, -0.25) is 0 Å². The molecule has 0 saturated heterocycles. The molecule has 1 unspecified atom stereocenters. The normalized spacial score (nSPS) is 12.6. The van der Waals surface area contributed by atoms with Crippen LogP contribution in [0.3, 0.4) is 0 Å². The van der Waals surface area contributed by atoms with E-state index in [-0.39, 0.29) is 6.54 Å². The van der Waals surface area contributed by atoms with Crippen molar-refractivity contribution in [2.75, 3.05) is 6.54 Å². The second-order valence-electron chi connectivity index (χ2n) is 1.86. The molecule has 0 radical (unpaired) electrons. The molecule has 0 amide bonds. The molecule has 0 N–H and O–H groups in total. The Morgan fingerprint density at radius 3 is 2.44 bits per heavy atom. The SMILES string of the molecule is CCCC(CN=O)N=O. The van der Waals surface area contributed by atoms with E-state index in [2.05, 4.69) is 10.4 Å². The minimum absolute atomic E-state index is 0.0251. The molecule has 0 aliphatic carbocycles. The number of rotatable bonds is 5. The van der Waals surface area contributed by atoms with Crippen molar-refractivity contribution in [1.82, 2.24) is 0 Å². The van der Waals surface area contributed by atoms with Crippen LogP contribution in [0.5, 0.6) is 0 Å². The van der Waals surface area contributed by atoms with Crippen molar-refractivity contribution in [3.63, 3.8) is 0 Å². The topological polar surface area (TPSA) is 58.9 Å². The Bertz CT molecular complexity index is 95.0. The minimum atomic E-state index is -0.396. The predicted octanol–water partition coefficient (Wildman–Crippen LogP) is 1.69. The zero-order valence-electron chi connectivity index (χ0n) is 5.41. The Hall–Kier alpha value is -0.800. The minimum Gasteiger partial charge on any atom is -0.151 e. The van der Waals surface area contributed by atoms with Gasteiger partial charge in [0.05, 0.1) is 0 Å². The van der Waals surface area contributed by atoms with Gasteiger partial charge in [0.25, 0.3) is 0 Å². The molecule has 0 spiro atoms. The highest BCUT2D eigenvalue weighted by molar-refractivity contribution is 4.66. The van der Waals surface area contributed by atoms with E-state index in [1.54, 1.807) is 0 Å². The molecular weight excluding hydrogens is 120 g/mol. The van der Waals surface area contributed by atoms with Gasteiger partial charge in [0.1, 0.15) is 12.6 Å². The maximum Gasteiger partial charge on any atom is 0.115 e. The van der Waals surface area contributed by atoms with Crippen LogP contribution in [0.1, 0.15) is 19.8 Å². The molecule has 0 rings (SSSR count). The number of hydrogen-bond acceptors (Lipinski definition) is 4. The summed E-state index contributed by atoms with van der Waals surface area (Å²) < 4.78 is 0. The Labute approximate surface area is 53.6 Å². The first-order valence-electron chi connectivity index (χ1n) is 2.96. The second kappa shape index (κ2) is 5.34. The summed E-state index contributed by atoms with van der Waals surface area (Å²) in [6.07, 6.45) is 1.53. The van der Waals surface area contributed by atoms with Crippen LogP contribution in [-0.4, -0.2) is 12.6 Å². The molecule has 0 fully saturated rings. The van der Waals surface area contributed by atoms with Gasteiger partial charge in [-0.1, -0.05) is 23.7 Å². The monoisotopic (exact) mass is 130 g/mol. The van der Waals surface area contributed by atoms with Gasteiger partial charge in [-0.2, -0.15) is 9.81 Å². The lowest BCUT2D eigenvalue weighted by Crippen LogP contribution is -2.06. The molecule has 0 aliphatic heterocycles. The van der Waals surface area contributed by atoms with Crippen LogP contribution < -0.4 is 0 Å². The van der Waals surface area contributed by atoms with Crippen LogP contribution in [0.15, 0.2) is 10.4 Å². The highest BCUT2D eigenvalue weighted by atomic mass is 16.3. The number of hydrogen-bond donors (Lipinski definition) is 0. The molecule has 0 saturated carbocycles. The molecule has 0 aromatic rings. The van der Waals surface area contributed by atoms with E-state index >= 15 is 0 Å². The molecule has 0 aliphatic rings. The lowest BCUT2D eigenvalue weighted by molar-refractivity contribution is 0.610. The molecule has 1 atom stereocenters. The molecule has 4 heteroatoms. The van der Waals surface area contributed by atoms with Crippen molar-refractivity contribution in [1.29, 1.82) is 0 Å². The molecule has 4 nitrogen and oxygen atoms in total. The first-order chi connectivity index (χ1) is 4.35. The fourth-order valence-corrected chi connectivity index (χ4v) is 0.597. The highest BCUT2D eigenvalue weighted by Crippen LogP contribution is 2.00. The van der Waals surface area contributed by atoms with E-state index < -0.39 is 6.04 Å². The largest absolute Gasteiger partial charge is 0.151 e. The predicted molar refractivity (Wildman–Crippen MR) is 35.2 cm³/mol. The Balaban J connectivity index is 3.40. The van der Waals surface area contributed by atoms with Crippen LogP contribution in [-0.2, 0) is 0 Å². The van der Waals surface area contributed by atoms with Crippen LogP contribution in [0.25, 0.3) is 0 Å². The van der Waals surface area contributed by atoms with Crippen LogP contribution in [0, 0.1) is 9.81 Å². The summed E-state index contributed by atoms with van der Waals surface area (Å²) in [6.45, 7) is 1.96. The molecule has 9 heavy (non-hydrogen) atoms. The summed E-state index contributed by atoms with van der Waals surface area (Å²) in [5.41, 5.74) is 0. The molecule has 0 bridgehead atoms. The third kappa shape index (κ3) is 3.76. The van der Waals surface area contributed by atoms with Gasteiger partial charge < -0.3 is 0 Å². The van der Waals surface area contributed by atoms with Gasteiger partial charge >= 0.3 is 0 Å². The fourth-order valence-electron chi connectivity index (χ4n) is 0.597. The molecule has 0 heterocycles. The average Bonchev–Trinajstić information content (AvgIpc) is 1.88. The zero-order valence-corrected chi connectivity index (χ0v) is 5.41. The van der Waals surface area contributed by atoms with Gasteiger partial charge in [-0.05, 0) is 6.42 Å². The van der Waals surface area contributed by atoms with Crippen molar-refractivity contribution in [2.45, 2.75) is 25.8 Å². The Morgan fingerprint density at radius 2 is 2.11 bits per heavy atom. The first-order valence-corrected chi connectivity index (χ1v) is 2.96. The van der Waals surface area contributed by atoms with Gasteiger partial charge in [0, 0.05) is 0 Å². The van der Waals surface area contributed by atoms with Gasteiger partial charge in [0.15, 0.2) is 0 Å². The number of nitrogens with zero attached hydrogens (tertiary/aromatic N) is 2. The maximum atomic E-state index is 9.84. The van der Waals surface area contributed by atoms with E-state index in [0.29, 0.717) is 6.42 Å². The summed E-state index contributed by atoms with van der Waals surface area (Å²) >= 11 is 0. The summed E-state index contributed by atoms with van der Waals surface area (Å²) in [5.74, 6) is 0. The van der Waals surface area contributed by atoms with Crippen LogP contribution in [0.2, 0.25) is 0 Å². The van der Waals surface area contributed by atoms with E-state index in [0.717, 1.165) is 6.42 Å². The smallest absolute Gasteiger partial charge is 0.115 e. The van der Waals surface area contributed by atoms with Crippen molar-refractivity contribution >= 4 is 0 Å². The first kappa shape index (κ1) is 8.20. The molecular formula is C5H10N2O2. The quantitative estimate of drug-likeness (QED) is 0.531. The summed E-state index contributed by atoms with van der Waals surface area (Å²) in [7, 11) is 0. The second-order valence-corrected chi connectivity index (χ2v) is 1.86. The van der Waals surface area contributed by atoms with Gasteiger partial charge in [-0.15, -0.1) is 0 Å². The Kier molecular flexibility index (Phi) is 4.86. The standard InChI is InChI=1S/C5H10N2O2/c1-2-3-5(7-9)4-6-8/h5H,2-4H2,1H3. The number of nitroso groups, excluding NO2 is 2. The van der Waals surface area contributed by atoms with Crippen molar-refractivity contribution in [3.05, 3.63) is 9.81 Å². The van der Waals surface area contributed by atoms with E-state index in [1.807, 2.05) is 6.92 Å². The molecule has 0 aromatic carbocycles. The van der Waals surface area contributed by atoms with Crippen molar-refractivity contribution in [3.8, 4) is 0 Å². The third-order valence-electron chi connectivity index (χ3n) is 1.06. The maximum absolute atomic E-state index is 9.84. The van der Waals surface area contributed by atoms with E-state index in [1.165, 1.54) is 0 Å². The van der Waals surface area contributed by atoms with Crippen LogP contribution in [0.4, 0.5) is 0 Å². The average molecular weight is 130 g/mol. The van der Waals surface area contributed by atoms with Crippen LogP contribution >= 0.6 is 0 Å². The Morgan fingerprint density at radius 1 is 1.44 bits per heavy atom.